The van der Waals surface area contributed by atoms with Crippen LogP contribution in [0.5, 0.6) is 0 Å². The standard InChI is InChI=1S/C15H17O3PS.Na.H/c16-20(17,18)13-7-12-19(14-8-3-1-4-9-14)15-10-5-2-6-11-15;;/h1-6,8-11H,7,12-13H2,(H,16,17,18);;. The van der Waals surface area contributed by atoms with Crippen LogP contribution >= 0.6 is 7.92 Å². The van der Waals surface area contributed by atoms with E-state index in [0.29, 0.717) is 6.42 Å². The molecular weight excluding hydrogens is 314 g/mol. The van der Waals surface area contributed by atoms with Gasteiger partial charge in [0, 0.05) is 0 Å². The Hall–Kier alpha value is -0.220. The molecule has 0 heterocycles. The van der Waals surface area contributed by atoms with Crippen LogP contribution in [-0.4, -0.2) is 54.4 Å². The average Bonchev–Trinajstić information content (AvgIpc) is 2.44. The third-order valence-electron chi connectivity index (χ3n) is 2.92. The van der Waals surface area contributed by atoms with Crippen LogP contribution in [0.3, 0.4) is 0 Å². The zero-order chi connectivity index (χ0) is 14.4. The minimum atomic E-state index is -3.87. The molecule has 0 atom stereocenters. The fraction of sp³-hybridized carbons (Fsp3) is 0.200. The number of benzene rings is 2. The van der Waals surface area contributed by atoms with Crippen molar-refractivity contribution in [1.29, 1.82) is 0 Å². The Bertz CT molecular complexity index is 593. The van der Waals surface area contributed by atoms with Gasteiger partial charge in [0.25, 0.3) is 10.1 Å². The summed E-state index contributed by atoms with van der Waals surface area (Å²) in [7, 11) is -4.45. The summed E-state index contributed by atoms with van der Waals surface area (Å²) in [4.78, 5) is 0. The van der Waals surface area contributed by atoms with E-state index in [1.807, 2.05) is 36.4 Å². The van der Waals surface area contributed by atoms with E-state index in [1.54, 1.807) is 0 Å². The van der Waals surface area contributed by atoms with Gasteiger partial charge in [-0.3, -0.25) is 4.55 Å². The molecule has 2 aromatic rings. The summed E-state index contributed by atoms with van der Waals surface area (Å²) in [5.74, 6) is -0.175. The maximum atomic E-state index is 10.8. The van der Waals surface area contributed by atoms with Crippen LogP contribution in [0, 0.1) is 0 Å². The molecule has 0 aromatic heterocycles. The van der Waals surface area contributed by atoms with Crippen molar-refractivity contribution in [3.05, 3.63) is 60.7 Å². The van der Waals surface area contributed by atoms with Gasteiger partial charge in [-0.15, -0.1) is 0 Å². The van der Waals surface area contributed by atoms with Crippen molar-refractivity contribution in [3.63, 3.8) is 0 Å². The second-order valence-electron chi connectivity index (χ2n) is 4.46. The molecule has 0 saturated heterocycles. The number of hydrogen-bond donors (Lipinski definition) is 1. The van der Waals surface area contributed by atoms with Crippen molar-refractivity contribution in [3.8, 4) is 0 Å². The van der Waals surface area contributed by atoms with Crippen LogP contribution in [0.15, 0.2) is 60.7 Å². The molecule has 6 heteroatoms. The Morgan fingerprint density at radius 3 is 1.67 bits per heavy atom. The van der Waals surface area contributed by atoms with Crippen LogP contribution in [-0.2, 0) is 10.1 Å². The molecule has 1 N–H and O–H groups in total. The molecule has 21 heavy (non-hydrogen) atoms. The number of rotatable bonds is 6. The first-order chi connectivity index (χ1) is 9.56. The van der Waals surface area contributed by atoms with Gasteiger partial charge in [-0.25, -0.2) is 0 Å². The SMILES string of the molecule is O=S(=O)(O)CCCP(c1ccccc1)c1ccccc1.[NaH]. The van der Waals surface area contributed by atoms with E-state index in [0.717, 1.165) is 6.16 Å². The van der Waals surface area contributed by atoms with E-state index in [2.05, 4.69) is 24.3 Å². The fourth-order valence-electron chi connectivity index (χ4n) is 2.03. The van der Waals surface area contributed by atoms with Gasteiger partial charge >= 0.3 is 29.6 Å². The third-order valence-corrected chi connectivity index (χ3v) is 6.33. The van der Waals surface area contributed by atoms with Gasteiger partial charge in [-0.05, 0) is 31.1 Å². The molecule has 2 rings (SSSR count). The predicted octanol–water partition coefficient (Wildman–Crippen LogP) is 1.75. The van der Waals surface area contributed by atoms with E-state index < -0.39 is 18.0 Å². The topological polar surface area (TPSA) is 54.4 Å². The molecule has 0 unspecified atom stereocenters. The third kappa shape index (κ3) is 6.60. The zero-order valence-corrected chi connectivity index (χ0v) is 12.7. The molecule has 0 fully saturated rings. The molecule has 0 aliphatic heterocycles. The Kier molecular flexibility index (Phi) is 8.10. The molecule has 108 valence electrons. The summed E-state index contributed by atoms with van der Waals surface area (Å²) in [6.07, 6.45) is 1.22. The molecule has 0 radical (unpaired) electrons. The molecule has 0 spiro atoms. The van der Waals surface area contributed by atoms with Gasteiger partial charge in [-0.1, -0.05) is 60.7 Å². The molecule has 3 nitrogen and oxygen atoms in total. The average molecular weight is 332 g/mol. The summed E-state index contributed by atoms with van der Waals surface area (Å²) >= 11 is 0. The molecule has 0 bridgehead atoms. The first-order valence-corrected chi connectivity index (χ1v) is 9.53. The van der Waals surface area contributed by atoms with Gasteiger partial charge in [0.2, 0.25) is 0 Å². The van der Waals surface area contributed by atoms with Crippen LogP contribution in [0.2, 0.25) is 0 Å². The van der Waals surface area contributed by atoms with Crippen molar-refractivity contribution in [2.45, 2.75) is 6.42 Å². The van der Waals surface area contributed by atoms with Crippen molar-refractivity contribution < 1.29 is 13.0 Å². The Morgan fingerprint density at radius 1 is 0.857 bits per heavy atom. The first-order valence-electron chi connectivity index (χ1n) is 6.39. The maximum absolute atomic E-state index is 10.8. The Balaban J connectivity index is 0.00000220. The second kappa shape index (κ2) is 9.04. The second-order valence-corrected chi connectivity index (χ2v) is 8.37. The van der Waals surface area contributed by atoms with Crippen LogP contribution in [0.4, 0.5) is 0 Å². The minimum absolute atomic E-state index is 0. The first kappa shape index (κ1) is 18.8. The molecule has 0 aliphatic rings. The predicted molar refractivity (Wildman–Crippen MR) is 92.1 cm³/mol. The Labute approximate surface area is 149 Å². The van der Waals surface area contributed by atoms with E-state index in [9.17, 15) is 8.42 Å². The van der Waals surface area contributed by atoms with Crippen LogP contribution in [0.1, 0.15) is 6.42 Å². The summed E-state index contributed by atoms with van der Waals surface area (Å²) in [6, 6.07) is 20.2. The van der Waals surface area contributed by atoms with E-state index in [4.69, 9.17) is 4.55 Å². The molecule has 0 saturated carbocycles. The van der Waals surface area contributed by atoms with Gasteiger partial charge in [0.1, 0.15) is 0 Å². The molecule has 2 aromatic carbocycles. The summed E-state index contributed by atoms with van der Waals surface area (Å²) in [5, 5.41) is 2.45. The van der Waals surface area contributed by atoms with Crippen molar-refractivity contribution >= 4 is 58.2 Å². The molecule has 0 aliphatic carbocycles. The monoisotopic (exact) mass is 332 g/mol. The number of hydrogen-bond acceptors (Lipinski definition) is 2. The van der Waals surface area contributed by atoms with Crippen molar-refractivity contribution in [1.82, 2.24) is 0 Å². The summed E-state index contributed by atoms with van der Waals surface area (Å²) in [5.41, 5.74) is 0. The molecular formula is C15H18NaO3PS. The Morgan fingerprint density at radius 2 is 1.29 bits per heavy atom. The van der Waals surface area contributed by atoms with Gasteiger partial charge in [0.05, 0.1) is 5.75 Å². The summed E-state index contributed by atoms with van der Waals surface area (Å²) in [6.45, 7) is 0. The van der Waals surface area contributed by atoms with Gasteiger partial charge in [0.15, 0.2) is 0 Å². The zero-order valence-electron chi connectivity index (χ0n) is 11.0. The molecule has 0 amide bonds. The fourth-order valence-corrected chi connectivity index (χ4v) is 5.10. The van der Waals surface area contributed by atoms with E-state index in [-0.39, 0.29) is 35.3 Å². The van der Waals surface area contributed by atoms with Crippen molar-refractivity contribution in [2.24, 2.45) is 0 Å². The normalized spacial score (nSPS) is 11.1. The van der Waals surface area contributed by atoms with Gasteiger partial charge in [-0.2, -0.15) is 8.42 Å². The van der Waals surface area contributed by atoms with Crippen LogP contribution < -0.4 is 10.6 Å². The van der Waals surface area contributed by atoms with Crippen molar-refractivity contribution in [2.75, 3.05) is 11.9 Å². The van der Waals surface area contributed by atoms with Crippen LogP contribution in [0.25, 0.3) is 0 Å². The van der Waals surface area contributed by atoms with E-state index in [1.165, 1.54) is 10.6 Å². The summed E-state index contributed by atoms with van der Waals surface area (Å²) < 4.78 is 30.5. The quantitative estimate of drug-likeness (QED) is 0.498. The van der Waals surface area contributed by atoms with E-state index >= 15 is 0 Å². The van der Waals surface area contributed by atoms with Gasteiger partial charge < -0.3 is 0 Å².